The number of furan rings is 1. The number of hydrogen-bond donors (Lipinski definition) is 2. The van der Waals surface area contributed by atoms with E-state index in [0.29, 0.717) is 29.4 Å². The molecular formula is C17H24N2O3S. The van der Waals surface area contributed by atoms with Crippen LogP contribution < -0.4 is 5.32 Å². The van der Waals surface area contributed by atoms with Crippen LogP contribution in [0.5, 0.6) is 0 Å². The molecular weight excluding hydrogens is 312 g/mol. The summed E-state index contributed by atoms with van der Waals surface area (Å²) in [5.74, 6) is 0.509. The molecule has 0 unspecified atom stereocenters. The van der Waals surface area contributed by atoms with Crippen molar-refractivity contribution in [2.24, 2.45) is 5.41 Å². The zero-order valence-electron chi connectivity index (χ0n) is 13.9. The van der Waals surface area contributed by atoms with Gasteiger partial charge in [-0.2, -0.15) is 0 Å². The van der Waals surface area contributed by atoms with Crippen molar-refractivity contribution in [3.8, 4) is 10.8 Å². The molecule has 1 amide bonds. The number of carbonyl (C=O) groups is 1. The minimum absolute atomic E-state index is 0.0574. The van der Waals surface area contributed by atoms with Gasteiger partial charge in [-0.3, -0.25) is 4.79 Å². The van der Waals surface area contributed by atoms with Gasteiger partial charge in [-0.15, -0.1) is 11.3 Å². The molecule has 0 aliphatic heterocycles. The van der Waals surface area contributed by atoms with Gasteiger partial charge in [-0.05, 0) is 43.7 Å². The summed E-state index contributed by atoms with van der Waals surface area (Å²) in [5.41, 5.74) is 0.393. The van der Waals surface area contributed by atoms with Gasteiger partial charge in [0.2, 0.25) is 0 Å². The molecule has 0 bridgehead atoms. The van der Waals surface area contributed by atoms with Crippen LogP contribution in [0.15, 0.2) is 22.8 Å². The summed E-state index contributed by atoms with van der Waals surface area (Å²) >= 11 is 1.45. The van der Waals surface area contributed by atoms with Crippen LogP contribution in [0.4, 0.5) is 0 Å². The fraction of sp³-hybridized carbons (Fsp3) is 0.529. The van der Waals surface area contributed by atoms with Crippen LogP contribution in [0.2, 0.25) is 0 Å². The van der Waals surface area contributed by atoms with Gasteiger partial charge in [-0.1, -0.05) is 13.8 Å². The Labute approximate surface area is 140 Å². The number of aryl methyl sites for hydroxylation is 1. The van der Waals surface area contributed by atoms with E-state index in [4.69, 9.17) is 4.42 Å². The summed E-state index contributed by atoms with van der Waals surface area (Å²) in [6.07, 6.45) is 4.11. The number of nitrogens with one attached hydrogen (secondary N) is 1. The van der Waals surface area contributed by atoms with Crippen molar-refractivity contribution >= 4 is 17.2 Å². The molecule has 0 saturated heterocycles. The first kappa shape index (κ1) is 17.7. The van der Waals surface area contributed by atoms with E-state index < -0.39 is 0 Å². The standard InChI is InChI=1S/C17H24N2O3S/c1-4-17(5-2,8-9-20)11-18-15(21)14-12(3)23-16(19-14)13-7-6-10-22-13/h6-7,10,20H,4-5,8-9,11H2,1-3H3,(H,18,21). The molecule has 0 saturated carbocycles. The molecule has 2 N–H and O–H groups in total. The molecule has 2 aromatic rings. The Morgan fingerprint density at radius 1 is 1.43 bits per heavy atom. The van der Waals surface area contributed by atoms with Crippen LogP contribution in [0.25, 0.3) is 10.8 Å². The second-order valence-electron chi connectivity index (χ2n) is 5.76. The van der Waals surface area contributed by atoms with Gasteiger partial charge in [-0.25, -0.2) is 4.98 Å². The highest BCUT2D eigenvalue weighted by molar-refractivity contribution is 7.15. The summed E-state index contributed by atoms with van der Waals surface area (Å²) in [5, 5.41) is 13.0. The lowest BCUT2D eigenvalue weighted by molar-refractivity contribution is 0.0902. The Hall–Kier alpha value is -1.66. The van der Waals surface area contributed by atoms with Crippen LogP contribution in [0, 0.1) is 12.3 Å². The van der Waals surface area contributed by atoms with Crippen molar-refractivity contribution in [1.29, 1.82) is 0 Å². The molecule has 0 spiro atoms. The number of aromatic nitrogens is 1. The third-order valence-electron chi connectivity index (χ3n) is 4.51. The van der Waals surface area contributed by atoms with Crippen LogP contribution in [-0.4, -0.2) is 29.1 Å². The highest BCUT2D eigenvalue weighted by Gasteiger charge is 2.27. The van der Waals surface area contributed by atoms with Crippen LogP contribution in [-0.2, 0) is 0 Å². The Kier molecular flexibility index (Phi) is 5.96. The van der Waals surface area contributed by atoms with Crippen LogP contribution in [0.3, 0.4) is 0 Å². The highest BCUT2D eigenvalue weighted by atomic mass is 32.1. The third kappa shape index (κ3) is 4.00. The fourth-order valence-corrected chi connectivity index (χ4v) is 3.52. The highest BCUT2D eigenvalue weighted by Crippen LogP contribution is 2.30. The number of thiazole rings is 1. The molecule has 126 valence electrons. The number of aliphatic hydroxyl groups is 1. The molecule has 6 heteroatoms. The Morgan fingerprint density at radius 3 is 2.74 bits per heavy atom. The van der Waals surface area contributed by atoms with Crippen molar-refractivity contribution in [2.45, 2.75) is 40.0 Å². The summed E-state index contributed by atoms with van der Waals surface area (Å²) in [6, 6.07) is 3.64. The summed E-state index contributed by atoms with van der Waals surface area (Å²) in [7, 11) is 0. The van der Waals surface area contributed by atoms with Crippen molar-refractivity contribution in [3.63, 3.8) is 0 Å². The first-order chi connectivity index (χ1) is 11.0. The SMILES string of the molecule is CCC(CC)(CCO)CNC(=O)c1nc(-c2ccco2)sc1C. The van der Waals surface area contributed by atoms with E-state index in [-0.39, 0.29) is 17.9 Å². The fourth-order valence-electron chi connectivity index (χ4n) is 2.64. The molecule has 2 heterocycles. The monoisotopic (exact) mass is 336 g/mol. The topological polar surface area (TPSA) is 75.4 Å². The minimum Gasteiger partial charge on any atom is -0.462 e. The molecule has 0 fully saturated rings. The van der Waals surface area contributed by atoms with E-state index >= 15 is 0 Å². The lowest BCUT2D eigenvalue weighted by Crippen LogP contribution is -2.38. The quantitative estimate of drug-likeness (QED) is 0.772. The maximum atomic E-state index is 12.5. The first-order valence-electron chi connectivity index (χ1n) is 7.95. The molecule has 0 radical (unpaired) electrons. The zero-order chi connectivity index (χ0) is 16.9. The molecule has 23 heavy (non-hydrogen) atoms. The maximum absolute atomic E-state index is 12.5. The van der Waals surface area contributed by atoms with Crippen LogP contribution >= 0.6 is 11.3 Å². The van der Waals surface area contributed by atoms with Gasteiger partial charge in [0.25, 0.3) is 5.91 Å². The third-order valence-corrected chi connectivity index (χ3v) is 5.50. The molecule has 0 aliphatic rings. The molecule has 0 aromatic carbocycles. The molecule has 2 rings (SSSR count). The summed E-state index contributed by atoms with van der Waals surface area (Å²) in [4.78, 5) is 17.8. The molecule has 0 aliphatic carbocycles. The van der Waals surface area contributed by atoms with E-state index in [2.05, 4.69) is 24.1 Å². The molecule has 2 aromatic heterocycles. The molecule has 0 atom stereocenters. The van der Waals surface area contributed by atoms with E-state index in [9.17, 15) is 9.90 Å². The van der Waals surface area contributed by atoms with Crippen molar-refractivity contribution < 1.29 is 14.3 Å². The second-order valence-corrected chi connectivity index (χ2v) is 6.97. The van der Waals surface area contributed by atoms with Gasteiger partial charge < -0.3 is 14.8 Å². The Morgan fingerprint density at radius 2 is 2.17 bits per heavy atom. The lowest BCUT2D eigenvalue weighted by atomic mass is 9.79. The Balaban J connectivity index is 2.09. The average Bonchev–Trinajstić information content (AvgIpc) is 3.20. The minimum atomic E-state index is -0.166. The zero-order valence-corrected chi connectivity index (χ0v) is 14.7. The molecule has 5 nitrogen and oxygen atoms in total. The predicted octanol–water partition coefficient (Wildman–Crippen LogP) is 3.63. The summed E-state index contributed by atoms with van der Waals surface area (Å²) in [6.45, 7) is 6.75. The maximum Gasteiger partial charge on any atom is 0.271 e. The van der Waals surface area contributed by atoms with Gasteiger partial charge >= 0.3 is 0 Å². The van der Waals surface area contributed by atoms with Crippen molar-refractivity contribution in [1.82, 2.24) is 10.3 Å². The number of rotatable bonds is 8. The van der Waals surface area contributed by atoms with Gasteiger partial charge in [0.15, 0.2) is 10.8 Å². The number of hydrogen-bond acceptors (Lipinski definition) is 5. The van der Waals surface area contributed by atoms with Crippen molar-refractivity contribution in [2.75, 3.05) is 13.2 Å². The lowest BCUT2D eigenvalue weighted by Gasteiger charge is -2.31. The second kappa shape index (κ2) is 7.75. The number of nitrogens with zero attached hydrogens (tertiary/aromatic N) is 1. The van der Waals surface area contributed by atoms with E-state index in [1.807, 2.05) is 13.0 Å². The first-order valence-corrected chi connectivity index (χ1v) is 8.77. The van der Waals surface area contributed by atoms with Gasteiger partial charge in [0, 0.05) is 18.0 Å². The number of carbonyl (C=O) groups excluding carboxylic acids is 1. The van der Waals surface area contributed by atoms with E-state index in [0.717, 1.165) is 17.7 Å². The smallest absolute Gasteiger partial charge is 0.271 e. The summed E-state index contributed by atoms with van der Waals surface area (Å²) < 4.78 is 5.34. The largest absolute Gasteiger partial charge is 0.462 e. The van der Waals surface area contributed by atoms with E-state index in [1.54, 1.807) is 12.3 Å². The van der Waals surface area contributed by atoms with Gasteiger partial charge in [0.05, 0.1) is 6.26 Å². The van der Waals surface area contributed by atoms with Gasteiger partial charge in [0.1, 0.15) is 5.69 Å². The van der Waals surface area contributed by atoms with Crippen LogP contribution in [0.1, 0.15) is 48.5 Å². The number of aliphatic hydroxyl groups excluding tert-OH is 1. The van der Waals surface area contributed by atoms with Crippen molar-refractivity contribution in [3.05, 3.63) is 29.0 Å². The van der Waals surface area contributed by atoms with E-state index in [1.165, 1.54) is 11.3 Å². The normalized spacial score (nSPS) is 11.7. The average molecular weight is 336 g/mol. The number of amides is 1. The predicted molar refractivity (Wildman–Crippen MR) is 91.6 cm³/mol. The Bertz CT molecular complexity index is 630.